The van der Waals surface area contributed by atoms with Gasteiger partial charge in [0, 0.05) is 39.3 Å². The summed E-state index contributed by atoms with van der Waals surface area (Å²) in [4.78, 5) is 6.87. The number of benzene rings is 1. The van der Waals surface area contributed by atoms with E-state index in [0.29, 0.717) is 6.04 Å². The van der Waals surface area contributed by atoms with Crippen LogP contribution in [0.4, 0.5) is 4.39 Å². The molecule has 2 N–H and O–H groups in total. The molecule has 0 aliphatic carbocycles. The van der Waals surface area contributed by atoms with Crippen LogP contribution in [0.1, 0.15) is 30.4 Å². The van der Waals surface area contributed by atoms with Crippen LogP contribution < -0.4 is 10.6 Å². The highest BCUT2D eigenvalue weighted by atomic mass is 32.1. The van der Waals surface area contributed by atoms with Crippen LogP contribution in [0.3, 0.4) is 0 Å². The molecule has 0 radical (unpaired) electrons. The highest BCUT2D eigenvalue weighted by Gasteiger charge is 2.20. The van der Waals surface area contributed by atoms with E-state index in [9.17, 15) is 4.39 Å². The zero-order valence-corrected chi connectivity index (χ0v) is 16.8. The Morgan fingerprint density at radius 3 is 2.81 bits per heavy atom. The number of thiophene rings is 1. The minimum absolute atomic E-state index is 0.164. The van der Waals surface area contributed by atoms with Gasteiger partial charge in [-0.1, -0.05) is 12.1 Å². The summed E-state index contributed by atoms with van der Waals surface area (Å²) in [7, 11) is 1.81. The lowest BCUT2D eigenvalue weighted by atomic mass is 10.0. The minimum atomic E-state index is -0.164. The van der Waals surface area contributed by atoms with Gasteiger partial charge in [0.1, 0.15) is 5.82 Å². The number of rotatable bonds is 7. The second kappa shape index (κ2) is 10.4. The third kappa shape index (κ3) is 6.63. The topological polar surface area (TPSA) is 39.7 Å². The van der Waals surface area contributed by atoms with E-state index in [1.807, 2.05) is 13.1 Å². The molecule has 146 valence electrons. The third-order valence-corrected chi connectivity index (χ3v) is 5.69. The molecule has 27 heavy (non-hydrogen) atoms. The standard InChI is InChI=1S/C21H29FN4S/c1-23-21(24-10-3-5-17-4-2-6-19(22)14-17)25-20-7-11-26(12-8-20)15-18-9-13-27-16-18/h2,4,6,9,13-14,16,20H,3,5,7-8,10-12,15H2,1H3,(H2,23,24,25). The van der Waals surface area contributed by atoms with Crippen molar-refractivity contribution in [3.8, 4) is 0 Å². The lowest BCUT2D eigenvalue weighted by molar-refractivity contribution is 0.198. The van der Waals surface area contributed by atoms with Crippen molar-refractivity contribution in [2.45, 2.75) is 38.3 Å². The lowest BCUT2D eigenvalue weighted by Gasteiger charge is -2.32. The van der Waals surface area contributed by atoms with E-state index in [-0.39, 0.29) is 5.82 Å². The SMILES string of the molecule is CN=C(NCCCc1cccc(F)c1)NC1CCN(Cc2ccsc2)CC1. The fourth-order valence-electron chi connectivity index (χ4n) is 3.46. The number of piperidine rings is 1. The Bertz CT molecular complexity index is 709. The van der Waals surface area contributed by atoms with E-state index in [1.54, 1.807) is 23.5 Å². The average Bonchev–Trinajstić information content (AvgIpc) is 3.19. The van der Waals surface area contributed by atoms with E-state index < -0.39 is 0 Å². The van der Waals surface area contributed by atoms with Gasteiger partial charge >= 0.3 is 0 Å². The normalized spacial score (nSPS) is 16.4. The van der Waals surface area contributed by atoms with E-state index >= 15 is 0 Å². The highest BCUT2D eigenvalue weighted by Crippen LogP contribution is 2.15. The monoisotopic (exact) mass is 388 g/mol. The maximum absolute atomic E-state index is 13.2. The molecule has 0 bridgehead atoms. The van der Waals surface area contributed by atoms with Crippen molar-refractivity contribution in [2.24, 2.45) is 4.99 Å². The van der Waals surface area contributed by atoms with Gasteiger partial charge in [-0.3, -0.25) is 9.89 Å². The molecule has 1 aromatic heterocycles. The van der Waals surface area contributed by atoms with Crippen LogP contribution >= 0.6 is 11.3 Å². The fourth-order valence-corrected chi connectivity index (χ4v) is 4.12. The van der Waals surface area contributed by atoms with Crippen molar-refractivity contribution in [2.75, 3.05) is 26.7 Å². The summed E-state index contributed by atoms with van der Waals surface area (Å²) in [5, 5.41) is 11.3. The number of aliphatic imine (C=N–C) groups is 1. The molecule has 0 atom stereocenters. The van der Waals surface area contributed by atoms with Crippen LogP contribution in [0.25, 0.3) is 0 Å². The zero-order valence-electron chi connectivity index (χ0n) is 16.0. The van der Waals surface area contributed by atoms with Crippen LogP contribution in [0.5, 0.6) is 0 Å². The maximum atomic E-state index is 13.2. The van der Waals surface area contributed by atoms with Gasteiger partial charge in [0.15, 0.2) is 5.96 Å². The molecule has 2 heterocycles. The molecule has 6 heteroatoms. The summed E-state index contributed by atoms with van der Waals surface area (Å²) in [5.41, 5.74) is 2.46. The van der Waals surface area contributed by atoms with Gasteiger partial charge in [0.25, 0.3) is 0 Å². The molecule has 1 aliphatic heterocycles. The van der Waals surface area contributed by atoms with Gasteiger partial charge in [-0.15, -0.1) is 0 Å². The van der Waals surface area contributed by atoms with Crippen LogP contribution in [0.2, 0.25) is 0 Å². The van der Waals surface area contributed by atoms with Gasteiger partial charge in [0.2, 0.25) is 0 Å². The van der Waals surface area contributed by atoms with Crippen molar-refractivity contribution >= 4 is 17.3 Å². The fraction of sp³-hybridized carbons (Fsp3) is 0.476. The van der Waals surface area contributed by atoms with Gasteiger partial charge in [-0.2, -0.15) is 11.3 Å². The summed E-state index contributed by atoms with van der Waals surface area (Å²) in [6.07, 6.45) is 4.08. The highest BCUT2D eigenvalue weighted by molar-refractivity contribution is 7.07. The molecule has 0 amide bonds. The molecule has 0 saturated carbocycles. The van der Waals surface area contributed by atoms with Crippen LogP contribution in [0, 0.1) is 5.82 Å². The smallest absolute Gasteiger partial charge is 0.191 e. The van der Waals surface area contributed by atoms with Gasteiger partial charge in [-0.25, -0.2) is 4.39 Å². The second-order valence-corrected chi connectivity index (χ2v) is 7.84. The summed E-state index contributed by atoms with van der Waals surface area (Å²) >= 11 is 1.77. The number of nitrogens with zero attached hydrogens (tertiary/aromatic N) is 2. The summed E-state index contributed by atoms with van der Waals surface area (Å²) in [6.45, 7) is 4.12. The van der Waals surface area contributed by atoms with Gasteiger partial charge < -0.3 is 10.6 Å². The van der Waals surface area contributed by atoms with E-state index in [4.69, 9.17) is 0 Å². The molecule has 4 nitrogen and oxygen atoms in total. The van der Waals surface area contributed by atoms with Gasteiger partial charge in [-0.05, 0) is 65.8 Å². The maximum Gasteiger partial charge on any atom is 0.191 e. The molecule has 1 aliphatic rings. The summed E-state index contributed by atoms with van der Waals surface area (Å²) in [5.74, 6) is 0.703. The minimum Gasteiger partial charge on any atom is -0.356 e. The van der Waals surface area contributed by atoms with Crippen LogP contribution in [0.15, 0.2) is 46.1 Å². The lowest BCUT2D eigenvalue weighted by Crippen LogP contribution is -2.48. The number of hydrogen-bond acceptors (Lipinski definition) is 3. The Hall–Kier alpha value is -1.92. The predicted octanol–water partition coefficient (Wildman–Crippen LogP) is 3.65. The number of hydrogen-bond donors (Lipinski definition) is 2. The summed E-state index contributed by atoms with van der Waals surface area (Å²) < 4.78 is 13.2. The first kappa shape index (κ1) is 19.8. The van der Waals surface area contributed by atoms with Crippen LogP contribution in [-0.2, 0) is 13.0 Å². The quantitative estimate of drug-likeness (QED) is 0.432. The van der Waals surface area contributed by atoms with Crippen LogP contribution in [-0.4, -0.2) is 43.6 Å². The summed E-state index contributed by atoms with van der Waals surface area (Å²) in [6, 6.07) is 9.52. The Labute approximate surface area is 165 Å². The molecule has 3 rings (SSSR count). The Kier molecular flexibility index (Phi) is 7.66. The van der Waals surface area contributed by atoms with Crippen molar-refractivity contribution in [3.05, 3.63) is 58.0 Å². The first-order chi connectivity index (χ1) is 13.2. The van der Waals surface area contributed by atoms with E-state index in [1.165, 1.54) is 11.6 Å². The second-order valence-electron chi connectivity index (χ2n) is 7.06. The van der Waals surface area contributed by atoms with E-state index in [2.05, 4.69) is 37.4 Å². The van der Waals surface area contributed by atoms with Gasteiger partial charge in [0.05, 0.1) is 0 Å². The van der Waals surface area contributed by atoms with E-state index in [0.717, 1.165) is 63.4 Å². The number of likely N-dealkylation sites (tertiary alicyclic amines) is 1. The number of nitrogens with one attached hydrogen (secondary N) is 2. The number of halogens is 1. The van der Waals surface area contributed by atoms with Crippen molar-refractivity contribution in [1.29, 1.82) is 0 Å². The Balaban J connectivity index is 1.33. The largest absolute Gasteiger partial charge is 0.356 e. The van der Waals surface area contributed by atoms with Crippen molar-refractivity contribution < 1.29 is 4.39 Å². The molecule has 1 aromatic carbocycles. The molecule has 0 spiro atoms. The molecular formula is C21H29FN4S. The van der Waals surface area contributed by atoms with Crippen molar-refractivity contribution in [1.82, 2.24) is 15.5 Å². The Morgan fingerprint density at radius 1 is 1.26 bits per heavy atom. The third-order valence-electron chi connectivity index (χ3n) is 4.96. The number of guanidine groups is 1. The predicted molar refractivity (Wildman–Crippen MR) is 112 cm³/mol. The number of aryl methyl sites for hydroxylation is 1. The molecule has 1 saturated heterocycles. The average molecular weight is 389 g/mol. The zero-order chi connectivity index (χ0) is 18.9. The van der Waals surface area contributed by atoms with Crippen molar-refractivity contribution in [3.63, 3.8) is 0 Å². The molecule has 0 unspecified atom stereocenters. The first-order valence-corrected chi connectivity index (χ1v) is 10.6. The molecule has 2 aromatic rings. The molecule has 1 fully saturated rings. The first-order valence-electron chi connectivity index (χ1n) is 9.68. The Morgan fingerprint density at radius 2 is 2.11 bits per heavy atom. The molecular weight excluding hydrogens is 359 g/mol.